The standard InChI is InChI=1S/C12H12Cl2N2O4S/c1-3-7-15(8-4-2)21(19,20)10-6-5-9(13)12(11(10)14)16(17)18/h1,5-6H,4,7-8H2,2H3. The lowest BCUT2D eigenvalue weighted by Gasteiger charge is -2.19. The van der Waals surface area contributed by atoms with E-state index >= 15 is 0 Å². The van der Waals surface area contributed by atoms with Crippen molar-refractivity contribution >= 4 is 38.9 Å². The van der Waals surface area contributed by atoms with Crippen molar-refractivity contribution in [3.63, 3.8) is 0 Å². The van der Waals surface area contributed by atoms with Crippen LogP contribution in [0.1, 0.15) is 13.3 Å². The number of halogens is 2. The van der Waals surface area contributed by atoms with Gasteiger partial charge in [-0.15, -0.1) is 6.42 Å². The lowest BCUT2D eigenvalue weighted by molar-refractivity contribution is -0.384. The topological polar surface area (TPSA) is 80.5 Å². The molecule has 0 heterocycles. The molecule has 0 amide bonds. The summed E-state index contributed by atoms with van der Waals surface area (Å²) in [6.45, 7) is 1.81. The van der Waals surface area contributed by atoms with Gasteiger partial charge in [-0.25, -0.2) is 8.42 Å². The Morgan fingerprint density at radius 2 is 2.05 bits per heavy atom. The molecule has 0 aliphatic heterocycles. The highest BCUT2D eigenvalue weighted by Gasteiger charge is 2.31. The quantitative estimate of drug-likeness (QED) is 0.448. The normalized spacial score (nSPS) is 11.4. The lowest BCUT2D eigenvalue weighted by Crippen LogP contribution is -2.32. The molecule has 21 heavy (non-hydrogen) atoms. The van der Waals surface area contributed by atoms with E-state index in [1.165, 1.54) is 0 Å². The third-order valence-corrected chi connectivity index (χ3v) is 5.26. The minimum absolute atomic E-state index is 0.150. The minimum atomic E-state index is -4.03. The molecule has 0 aromatic heterocycles. The smallest absolute Gasteiger partial charge is 0.258 e. The van der Waals surface area contributed by atoms with E-state index in [9.17, 15) is 18.5 Å². The summed E-state index contributed by atoms with van der Waals surface area (Å²) in [5.41, 5.74) is -0.642. The Hall–Kier alpha value is -1.33. The molecule has 9 heteroatoms. The Morgan fingerprint density at radius 3 is 2.52 bits per heavy atom. The number of terminal acetylenes is 1. The summed E-state index contributed by atoms with van der Waals surface area (Å²) in [7, 11) is -4.03. The van der Waals surface area contributed by atoms with Crippen LogP contribution in [0, 0.1) is 22.5 Å². The largest absolute Gasteiger partial charge is 0.307 e. The molecule has 0 aliphatic rings. The van der Waals surface area contributed by atoms with Crippen molar-refractivity contribution in [3.8, 4) is 12.3 Å². The number of nitro groups is 1. The summed E-state index contributed by atoms with van der Waals surface area (Å²) < 4.78 is 26.0. The summed E-state index contributed by atoms with van der Waals surface area (Å²) in [6.07, 6.45) is 5.69. The zero-order valence-corrected chi connectivity index (χ0v) is 13.4. The molecule has 0 unspecified atom stereocenters. The Morgan fingerprint density at radius 1 is 1.43 bits per heavy atom. The van der Waals surface area contributed by atoms with Crippen LogP contribution < -0.4 is 0 Å². The highest BCUT2D eigenvalue weighted by Crippen LogP contribution is 2.38. The van der Waals surface area contributed by atoms with E-state index < -0.39 is 25.7 Å². The Labute approximate surface area is 132 Å². The van der Waals surface area contributed by atoms with E-state index in [1.807, 2.05) is 0 Å². The second kappa shape index (κ2) is 7.09. The molecule has 0 bridgehead atoms. The van der Waals surface area contributed by atoms with Gasteiger partial charge in [0.25, 0.3) is 0 Å². The van der Waals surface area contributed by atoms with Crippen molar-refractivity contribution in [2.75, 3.05) is 13.1 Å². The number of benzene rings is 1. The molecule has 0 saturated carbocycles. The van der Waals surface area contributed by atoms with E-state index in [2.05, 4.69) is 5.92 Å². The highest BCUT2D eigenvalue weighted by atomic mass is 35.5. The fraction of sp³-hybridized carbons (Fsp3) is 0.333. The first-order chi connectivity index (χ1) is 9.77. The maximum Gasteiger partial charge on any atom is 0.307 e. The molecule has 0 atom stereocenters. The molecule has 6 nitrogen and oxygen atoms in total. The van der Waals surface area contributed by atoms with Gasteiger partial charge in [0, 0.05) is 6.54 Å². The fourth-order valence-electron chi connectivity index (χ4n) is 1.66. The first kappa shape index (κ1) is 17.7. The van der Waals surface area contributed by atoms with Crippen molar-refractivity contribution < 1.29 is 13.3 Å². The van der Waals surface area contributed by atoms with E-state index in [0.717, 1.165) is 16.4 Å². The molecule has 0 N–H and O–H groups in total. The first-order valence-corrected chi connectivity index (χ1v) is 8.03. The van der Waals surface area contributed by atoms with Crippen LogP contribution in [-0.2, 0) is 10.0 Å². The molecule has 1 aromatic rings. The summed E-state index contributed by atoms with van der Waals surface area (Å²) >= 11 is 11.5. The lowest BCUT2D eigenvalue weighted by atomic mass is 10.3. The van der Waals surface area contributed by atoms with Crippen molar-refractivity contribution in [2.24, 2.45) is 0 Å². The number of nitro benzene ring substituents is 1. The van der Waals surface area contributed by atoms with Crippen molar-refractivity contribution in [3.05, 3.63) is 32.3 Å². The average Bonchev–Trinajstić information content (AvgIpc) is 2.37. The van der Waals surface area contributed by atoms with Gasteiger partial charge < -0.3 is 0 Å². The van der Waals surface area contributed by atoms with Crippen LogP contribution in [0.25, 0.3) is 0 Å². The number of sulfonamides is 1. The SMILES string of the molecule is C#CCN(CCC)S(=O)(=O)c1ccc(Cl)c([N+](=O)[O-])c1Cl. The summed E-state index contributed by atoms with van der Waals surface area (Å²) in [4.78, 5) is 9.73. The molecule has 0 saturated heterocycles. The summed E-state index contributed by atoms with van der Waals surface area (Å²) in [5.74, 6) is 2.24. The van der Waals surface area contributed by atoms with Crippen molar-refractivity contribution in [2.45, 2.75) is 18.2 Å². The van der Waals surface area contributed by atoms with Crippen molar-refractivity contribution in [1.82, 2.24) is 4.31 Å². The van der Waals surface area contributed by atoms with Gasteiger partial charge in [-0.3, -0.25) is 10.1 Å². The second-order valence-electron chi connectivity index (χ2n) is 4.01. The third kappa shape index (κ3) is 3.66. The molecule has 0 spiro atoms. The van der Waals surface area contributed by atoms with E-state index in [1.54, 1.807) is 6.92 Å². The van der Waals surface area contributed by atoms with Crippen LogP contribution in [0.3, 0.4) is 0 Å². The molecule has 0 aliphatic carbocycles. The Bertz CT molecular complexity index is 698. The van der Waals surface area contributed by atoms with Gasteiger partial charge in [0.05, 0.1) is 11.5 Å². The molecule has 0 radical (unpaired) electrons. The summed E-state index contributed by atoms with van der Waals surface area (Å²) in [6, 6.07) is 2.25. The first-order valence-electron chi connectivity index (χ1n) is 5.83. The van der Waals surface area contributed by atoms with Crippen LogP contribution in [0.2, 0.25) is 10.0 Å². The zero-order chi connectivity index (χ0) is 16.2. The average molecular weight is 351 g/mol. The predicted molar refractivity (Wildman–Crippen MR) is 81.0 cm³/mol. The maximum absolute atomic E-state index is 12.5. The van der Waals surface area contributed by atoms with E-state index in [-0.39, 0.29) is 23.0 Å². The number of rotatable bonds is 6. The van der Waals surface area contributed by atoms with Crippen LogP contribution in [-0.4, -0.2) is 30.7 Å². The number of nitrogens with zero attached hydrogens (tertiary/aromatic N) is 2. The number of hydrogen-bond donors (Lipinski definition) is 0. The van der Waals surface area contributed by atoms with Crippen LogP contribution >= 0.6 is 23.2 Å². The van der Waals surface area contributed by atoms with Crippen molar-refractivity contribution in [1.29, 1.82) is 0 Å². The van der Waals surface area contributed by atoms with Crippen LogP contribution in [0.5, 0.6) is 0 Å². The van der Waals surface area contributed by atoms with Gasteiger partial charge in [-0.1, -0.05) is 36.0 Å². The van der Waals surface area contributed by atoms with Gasteiger partial charge in [-0.2, -0.15) is 4.31 Å². The van der Waals surface area contributed by atoms with E-state index in [4.69, 9.17) is 29.6 Å². The molecular formula is C12H12Cl2N2O4S. The maximum atomic E-state index is 12.5. The molecule has 1 aromatic carbocycles. The predicted octanol–water partition coefficient (Wildman–Crippen LogP) is 2.94. The van der Waals surface area contributed by atoms with Gasteiger partial charge >= 0.3 is 5.69 Å². The van der Waals surface area contributed by atoms with Crippen LogP contribution in [0.4, 0.5) is 5.69 Å². The third-order valence-electron chi connectivity index (χ3n) is 2.57. The van der Waals surface area contributed by atoms with Gasteiger partial charge in [0.15, 0.2) is 0 Å². The van der Waals surface area contributed by atoms with Gasteiger partial charge in [0.2, 0.25) is 10.0 Å². The van der Waals surface area contributed by atoms with Gasteiger partial charge in [-0.05, 0) is 18.6 Å². The molecule has 114 valence electrons. The summed E-state index contributed by atoms with van der Waals surface area (Å²) in [5, 5.41) is 10.2. The molecular weight excluding hydrogens is 339 g/mol. The van der Waals surface area contributed by atoms with E-state index in [0.29, 0.717) is 6.42 Å². The minimum Gasteiger partial charge on any atom is -0.258 e. The van der Waals surface area contributed by atoms with Gasteiger partial charge in [0.1, 0.15) is 14.9 Å². The fourth-order valence-corrected chi connectivity index (χ4v) is 3.97. The Kier molecular flexibility index (Phi) is 5.98. The molecule has 1 rings (SSSR count). The second-order valence-corrected chi connectivity index (χ2v) is 6.70. The zero-order valence-electron chi connectivity index (χ0n) is 11.0. The van der Waals surface area contributed by atoms with Crippen LogP contribution in [0.15, 0.2) is 17.0 Å². The number of hydrogen-bond acceptors (Lipinski definition) is 4. The molecule has 0 fully saturated rings. The monoisotopic (exact) mass is 350 g/mol. The highest BCUT2D eigenvalue weighted by molar-refractivity contribution is 7.89. The Balaban J connectivity index is 3.48.